The van der Waals surface area contributed by atoms with Gasteiger partial charge in [0.1, 0.15) is 11.2 Å². The first-order chi connectivity index (χ1) is 22.6. The second-order valence-corrected chi connectivity index (χ2v) is 12.4. The van der Waals surface area contributed by atoms with Gasteiger partial charge in [0.15, 0.2) is 17.5 Å². The van der Waals surface area contributed by atoms with E-state index in [1.54, 1.807) is 0 Å². The topological polar surface area (TPSA) is 51.8 Å². The smallest absolute Gasteiger partial charge is 0.164 e. The zero-order valence-electron chi connectivity index (χ0n) is 25.5. The lowest BCUT2D eigenvalue weighted by Gasteiger charge is -2.22. The van der Waals surface area contributed by atoms with Crippen LogP contribution in [-0.4, -0.2) is 15.0 Å². The van der Waals surface area contributed by atoms with Crippen LogP contribution in [0.5, 0.6) is 0 Å². The van der Waals surface area contributed by atoms with Crippen molar-refractivity contribution in [2.24, 2.45) is 0 Å². The molecule has 0 N–H and O–H groups in total. The molecule has 2 aromatic heterocycles. The van der Waals surface area contributed by atoms with Gasteiger partial charge in [-0.2, -0.15) is 0 Å². The van der Waals surface area contributed by atoms with E-state index in [9.17, 15) is 0 Å². The molecule has 0 amide bonds. The number of hydrogen-bond donors (Lipinski definition) is 0. The lowest BCUT2D eigenvalue weighted by atomic mass is 9.81. The maximum Gasteiger partial charge on any atom is 0.164 e. The molecule has 1 aliphatic rings. The third kappa shape index (κ3) is 4.04. The molecule has 8 aromatic rings. The van der Waals surface area contributed by atoms with E-state index in [4.69, 9.17) is 19.4 Å². The summed E-state index contributed by atoms with van der Waals surface area (Å²) in [6, 6.07) is 48.3. The van der Waals surface area contributed by atoms with Crippen molar-refractivity contribution >= 4 is 21.9 Å². The molecular weight excluding hydrogens is 562 g/mol. The maximum atomic E-state index is 6.69. The van der Waals surface area contributed by atoms with Gasteiger partial charge in [-0.1, -0.05) is 141 Å². The van der Waals surface area contributed by atoms with E-state index in [0.29, 0.717) is 17.5 Å². The first-order valence-electron chi connectivity index (χ1n) is 15.6. The third-order valence-corrected chi connectivity index (χ3v) is 9.36. The van der Waals surface area contributed by atoms with Gasteiger partial charge in [0.2, 0.25) is 0 Å². The molecule has 46 heavy (non-hydrogen) atoms. The average Bonchev–Trinajstić information content (AvgIpc) is 3.61. The zero-order valence-corrected chi connectivity index (χ0v) is 25.5. The van der Waals surface area contributed by atoms with Crippen molar-refractivity contribution in [3.8, 4) is 56.4 Å². The maximum absolute atomic E-state index is 6.69. The van der Waals surface area contributed by atoms with Gasteiger partial charge in [-0.05, 0) is 39.9 Å². The highest BCUT2D eigenvalue weighted by Crippen LogP contribution is 2.50. The summed E-state index contributed by atoms with van der Waals surface area (Å²) in [5.74, 6) is 1.89. The van der Waals surface area contributed by atoms with Gasteiger partial charge < -0.3 is 4.42 Å². The second-order valence-electron chi connectivity index (χ2n) is 12.4. The van der Waals surface area contributed by atoms with Gasteiger partial charge in [-0.25, -0.2) is 15.0 Å². The molecule has 0 radical (unpaired) electrons. The minimum atomic E-state index is -0.0809. The highest BCUT2D eigenvalue weighted by atomic mass is 16.3. The van der Waals surface area contributed by atoms with Crippen LogP contribution in [0.1, 0.15) is 25.0 Å². The molecule has 0 fully saturated rings. The van der Waals surface area contributed by atoms with Crippen LogP contribution in [0.3, 0.4) is 0 Å². The molecule has 0 saturated heterocycles. The fourth-order valence-electron chi connectivity index (χ4n) is 7.06. The number of fused-ring (bicyclic) bond motifs is 6. The molecule has 0 spiro atoms. The fraction of sp³-hybridized carbons (Fsp3) is 0.0714. The summed E-state index contributed by atoms with van der Waals surface area (Å²) < 4.78 is 6.69. The predicted molar refractivity (Wildman–Crippen MR) is 186 cm³/mol. The van der Waals surface area contributed by atoms with Crippen LogP contribution in [0.4, 0.5) is 0 Å². The number of benzene rings is 6. The van der Waals surface area contributed by atoms with E-state index in [2.05, 4.69) is 80.6 Å². The van der Waals surface area contributed by atoms with E-state index in [1.165, 1.54) is 22.3 Å². The summed E-state index contributed by atoms with van der Waals surface area (Å²) in [7, 11) is 0. The lowest BCUT2D eigenvalue weighted by molar-refractivity contribution is 0.660. The van der Waals surface area contributed by atoms with Crippen LogP contribution in [0.15, 0.2) is 144 Å². The summed E-state index contributed by atoms with van der Waals surface area (Å²) in [5, 5.41) is 2.03. The van der Waals surface area contributed by atoms with Gasteiger partial charge in [0.25, 0.3) is 0 Å². The molecular formula is C42H29N3O. The van der Waals surface area contributed by atoms with E-state index in [1.807, 2.05) is 72.8 Å². The van der Waals surface area contributed by atoms with Crippen molar-refractivity contribution in [1.29, 1.82) is 0 Å². The van der Waals surface area contributed by atoms with Crippen LogP contribution < -0.4 is 0 Å². The predicted octanol–water partition coefficient (Wildman–Crippen LogP) is 10.7. The van der Waals surface area contributed by atoms with E-state index in [0.717, 1.165) is 49.8 Å². The Bertz CT molecular complexity index is 2380. The van der Waals surface area contributed by atoms with Crippen molar-refractivity contribution < 1.29 is 4.42 Å². The number of aromatic nitrogens is 3. The molecule has 9 rings (SSSR count). The summed E-state index contributed by atoms with van der Waals surface area (Å²) in [6.07, 6.45) is 0. The lowest BCUT2D eigenvalue weighted by Crippen LogP contribution is -2.14. The number of hydrogen-bond acceptors (Lipinski definition) is 4. The Balaban J connectivity index is 1.24. The third-order valence-electron chi connectivity index (χ3n) is 9.36. The number of rotatable bonds is 4. The van der Waals surface area contributed by atoms with Gasteiger partial charge in [0.05, 0.1) is 0 Å². The normalized spacial score (nSPS) is 13.2. The largest absolute Gasteiger partial charge is 0.455 e. The number of para-hydroxylation sites is 1. The summed E-state index contributed by atoms with van der Waals surface area (Å²) >= 11 is 0. The molecule has 218 valence electrons. The van der Waals surface area contributed by atoms with Crippen molar-refractivity contribution in [1.82, 2.24) is 15.0 Å². The average molecular weight is 592 g/mol. The molecule has 0 atom stereocenters. The van der Waals surface area contributed by atoms with Gasteiger partial charge in [-0.3, -0.25) is 0 Å². The first kappa shape index (κ1) is 26.5. The van der Waals surface area contributed by atoms with Crippen LogP contribution in [-0.2, 0) is 5.41 Å². The Morgan fingerprint density at radius 1 is 0.457 bits per heavy atom. The van der Waals surface area contributed by atoms with Crippen LogP contribution in [0.2, 0.25) is 0 Å². The van der Waals surface area contributed by atoms with Gasteiger partial charge >= 0.3 is 0 Å². The molecule has 0 bridgehead atoms. The second kappa shape index (κ2) is 10.1. The van der Waals surface area contributed by atoms with Crippen molar-refractivity contribution in [2.75, 3.05) is 0 Å². The molecule has 4 heteroatoms. The standard InChI is InChI=1S/C42H29N3O/c1-42(2)34-21-10-9-17-30(34)31-24-23-28(25-35(31)42)29-18-11-19-32-37-33(20-12-22-36(37)46-38(29)32)41-44-39(26-13-5-3-6-14-26)43-40(45-41)27-15-7-4-8-16-27/h3-25H,1-2H3. The first-order valence-corrected chi connectivity index (χ1v) is 15.6. The highest BCUT2D eigenvalue weighted by Gasteiger charge is 2.35. The molecule has 0 saturated carbocycles. The minimum Gasteiger partial charge on any atom is -0.455 e. The molecule has 1 aliphatic carbocycles. The van der Waals surface area contributed by atoms with Crippen LogP contribution in [0.25, 0.3) is 78.4 Å². The molecule has 4 nitrogen and oxygen atoms in total. The highest BCUT2D eigenvalue weighted by molar-refractivity contribution is 6.15. The number of furan rings is 1. The van der Waals surface area contributed by atoms with Gasteiger partial charge in [0, 0.05) is 38.4 Å². The Labute approximate surface area is 267 Å². The van der Waals surface area contributed by atoms with Crippen molar-refractivity contribution in [2.45, 2.75) is 19.3 Å². The van der Waals surface area contributed by atoms with Gasteiger partial charge in [-0.15, -0.1) is 0 Å². The molecule has 6 aromatic carbocycles. The fourth-order valence-corrected chi connectivity index (χ4v) is 7.06. The van der Waals surface area contributed by atoms with E-state index in [-0.39, 0.29) is 5.41 Å². The van der Waals surface area contributed by atoms with Crippen LogP contribution >= 0.6 is 0 Å². The van der Waals surface area contributed by atoms with E-state index >= 15 is 0 Å². The molecule has 0 unspecified atom stereocenters. The Morgan fingerprint density at radius 2 is 1.04 bits per heavy atom. The quantitative estimate of drug-likeness (QED) is 0.204. The van der Waals surface area contributed by atoms with Crippen molar-refractivity contribution in [3.63, 3.8) is 0 Å². The SMILES string of the molecule is CC1(C)c2ccccc2-c2ccc(-c3cccc4c3oc3cccc(-c5nc(-c6ccccc6)nc(-c6ccccc6)n5)c34)cc21. The van der Waals surface area contributed by atoms with Crippen molar-refractivity contribution in [3.05, 3.63) is 151 Å². The summed E-state index contributed by atoms with van der Waals surface area (Å²) in [5.41, 5.74) is 11.9. The summed E-state index contributed by atoms with van der Waals surface area (Å²) in [6.45, 7) is 4.63. The monoisotopic (exact) mass is 591 g/mol. The Hall–Kier alpha value is -5.87. The van der Waals surface area contributed by atoms with Crippen LogP contribution in [0, 0.1) is 0 Å². The molecule has 0 aliphatic heterocycles. The minimum absolute atomic E-state index is 0.0809. The summed E-state index contributed by atoms with van der Waals surface area (Å²) in [4.78, 5) is 14.9. The zero-order chi connectivity index (χ0) is 30.8. The Morgan fingerprint density at radius 3 is 1.78 bits per heavy atom. The van der Waals surface area contributed by atoms with E-state index < -0.39 is 0 Å². The molecule has 2 heterocycles. The number of nitrogens with zero attached hydrogens (tertiary/aromatic N) is 3. The Kier molecular flexibility index (Phi) is 5.81.